The summed E-state index contributed by atoms with van der Waals surface area (Å²) in [6.07, 6.45) is 3.28. The monoisotopic (exact) mass is 349 g/mol. The van der Waals surface area contributed by atoms with E-state index in [0.717, 1.165) is 5.56 Å². The first-order valence-electron chi connectivity index (χ1n) is 7.32. The molecule has 2 rings (SSSR count). The molecule has 128 valence electrons. The minimum Gasteiger partial charge on any atom is -0.496 e. The van der Waals surface area contributed by atoms with Gasteiger partial charge in [-0.3, -0.25) is 9.78 Å². The van der Waals surface area contributed by atoms with Gasteiger partial charge >= 0.3 is 0 Å². The van der Waals surface area contributed by atoms with Crippen LogP contribution in [0.15, 0.2) is 47.6 Å². The van der Waals surface area contributed by atoms with E-state index in [-0.39, 0.29) is 23.5 Å². The lowest BCUT2D eigenvalue weighted by atomic mass is 10.2. The Balaban J connectivity index is 2.25. The summed E-state index contributed by atoms with van der Waals surface area (Å²) in [6, 6.07) is 7.76. The molecule has 0 unspecified atom stereocenters. The normalized spacial score (nSPS) is 11.1. The number of rotatable bonds is 7. The van der Waals surface area contributed by atoms with E-state index in [1.807, 2.05) is 6.07 Å². The predicted molar refractivity (Wildman–Crippen MR) is 89.3 cm³/mol. The lowest BCUT2D eigenvalue weighted by Gasteiger charge is -2.12. The lowest BCUT2D eigenvalue weighted by Crippen LogP contribution is -2.26. The molecule has 1 amide bonds. The molecule has 1 aromatic carbocycles. The number of benzene rings is 1. The van der Waals surface area contributed by atoms with Gasteiger partial charge < -0.3 is 10.1 Å². The molecule has 0 radical (unpaired) electrons. The van der Waals surface area contributed by atoms with E-state index in [1.165, 1.54) is 25.3 Å². The summed E-state index contributed by atoms with van der Waals surface area (Å²) in [6.45, 7) is 2.22. The van der Waals surface area contributed by atoms with Crippen molar-refractivity contribution >= 4 is 15.9 Å². The first-order chi connectivity index (χ1) is 11.5. The van der Waals surface area contributed by atoms with E-state index < -0.39 is 15.9 Å². The van der Waals surface area contributed by atoms with Gasteiger partial charge in [-0.1, -0.05) is 13.0 Å². The van der Waals surface area contributed by atoms with Crippen LogP contribution in [0.4, 0.5) is 0 Å². The van der Waals surface area contributed by atoms with Crippen molar-refractivity contribution in [3.8, 4) is 5.75 Å². The third-order valence-electron chi connectivity index (χ3n) is 3.24. The van der Waals surface area contributed by atoms with Crippen molar-refractivity contribution < 1.29 is 17.9 Å². The zero-order chi connectivity index (χ0) is 17.6. The number of sulfonamides is 1. The second-order valence-corrected chi connectivity index (χ2v) is 6.67. The van der Waals surface area contributed by atoms with Crippen LogP contribution in [0.5, 0.6) is 5.75 Å². The smallest absolute Gasteiger partial charge is 0.255 e. The van der Waals surface area contributed by atoms with E-state index in [1.54, 1.807) is 25.4 Å². The van der Waals surface area contributed by atoms with Crippen LogP contribution >= 0.6 is 0 Å². The number of hydrogen-bond acceptors (Lipinski definition) is 5. The second-order valence-electron chi connectivity index (χ2n) is 4.91. The number of pyridine rings is 1. The SMILES string of the molecule is CCNS(=O)(=O)c1ccc(OC)c(C(=O)NCc2cccnc2)c1. The fourth-order valence-corrected chi connectivity index (χ4v) is 3.15. The third kappa shape index (κ3) is 4.30. The zero-order valence-corrected chi connectivity index (χ0v) is 14.3. The highest BCUT2D eigenvalue weighted by Crippen LogP contribution is 2.22. The summed E-state index contributed by atoms with van der Waals surface area (Å²) in [5, 5.41) is 2.73. The Morgan fingerprint density at radius 1 is 1.29 bits per heavy atom. The average molecular weight is 349 g/mol. The summed E-state index contributed by atoms with van der Waals surface area (Å²) in [4.78, 5) is 16.4. The van der Waals surface area contributed by atoms with E-state index in [4.69, 9.17) is 4.74 Å². The number of nitrogens with zero attached hydrogens (tertiary/aromatic N) is 1. The summed E-state index contributed by atoms with van der Waals surface area (Å²) in [5.41, 5.74) is 0.988. The van der Waals surface area contributed by atoms with Gasteiger partial charge in [-0.25, -0.2) is 13.1 Å². The van der Waals surface area contributed by atoms with Gasteiger partial charge in [0.2, 0.25) is 10.0 Å². The fourth-order valence-electron chi connectivity index (χ4n) is 2.09. The largest absolute Gasteiger partial charge is 0.496 e. The lowest BCUT2D eigenvalue weighted by molar-refractivity contribution is 0.0947. The maximum absolute atomic E-state index is 12.4. The van der Waals surface area contributed by atoms with E-state index in [0.29, 0.717) is 5.75 Å². The number of carbonyl (C=O) groups excluding carboxylic acids is 1. The van der Waals surface area contributed by atoms with Crippen LogP contribution in [-0.2, 0) is 16.6 Å². The Morgan fingerprint density at radius 3 is 2.71 bits per heavy atom. The Morgan fingerprint density at radius 2 is 2.08 bits per heavy atom. The van der Waals surface area contributed by atoms with Crippen molar-refractivity contribution in [1.82, 2.24) is 15.0 Å². The molecule has 0 aliphatic rings. The highest BCUT2D eigenvalue weighted by molar-refractivity contribution is 7.89. The number of aromatic nitrogens is 1. The molecule has 2 N–H and O–H groups in total. The van der Waals surface area contributed by atoms with Crippen molar-refractivity contribution in [2.45, 2.75) is 18.4 Å². The van der Waals surface area contributed by atoms with Crippen LogP contribution in [0.2, 0.25) is 0 Å². The quantitative estimate of drug-likeness (QED) is 0.786. The van der Waals surface area contributed by atoms with E-state index in [2.05, 4.69) is 15.0 Å². The van der Waals surface area contributed by atoms with E-state index in [9.17, 15) is 13.2 Å². The van der Waals surface area contributed by atoms with Crippen LogP contribution in [0.25, 0.3) is 0 Å². The Bertz CT molecular complexity index is 807. The maximum Gasteiger partial charge on any atom is 0.255 e. The van der Waals surface area contributed by atoms with Crippen LogP contribution in [0, 0.1) is 0 Å². The molecule has 7 nitrogen and oxygen atoms in total. The molecular weight excluding hydrogens is 330 g/mol. The van der Waals surface area contributed by atoms with Gasteiger partial charge in [0.05, 0.1) is 17.6 Å². The maximum atomic E-state index is 12.4. The summed E-state index contributed by atoms with van der Waals surface area (Å²) >= 11 is 0. The standard InChI is InChI=1S/C16H19N3O4S/c1-3-19-24(21,22)13-6-7-15(23-2)14(9-13)16(20)18-11-12-5-4-8-17-10-12/h4-10,19H,3,11H2,1-2H3,(H,18,20). The molecule has 24 heavy (non-hydrogen) atoms. The highest BCUT2D eigenvalue weighted by atomic mass is 32.2. The molecule has 1 heterocycles. The molecule has 0 bridgehead atoms. The average Bonchev–Trinajstić information content (AvgIpc) is 2.60. The van der Waals surface area contributed by atoms with Gasteiger partial charge in [0.15, 0.2) is 0 Å². The van der Waals surface area contributed by atoms with Crippen LogP contribution in [-0.4, -0.2) is 33.0 Å². The summed E-state index contributed by atoms with van der Waals surface area (Å²) in [5.74, 6) is -0.126. The van der Waals surface area contributed by atoms with Crippen molar-refractivity contribution in [3.63, 3.8) is 0 Å². The molecule has 2 aromatic rings. The number of carbonyl (C=O) groups is 1. The van der Waals surface area contributed by atoms with Gasteiger partial charge in [0.1, 0.15) is 5.75 Å². The zero-order valence-electron chi connectivity index (χ0n) is 13.4. The van der Waals surface area contributed by atoms with Crippen molar-refractivity contribution in [2.75, 3.05) is 13.7 Å². The number of amides is 1. The summed E-state index contributed by atoms with van der Waals surface area (Å²) in [7, 11) is -2.23. The predicted octanol–water partition coefficient (Wildman–Crippen LogP) is 1.32. The molecule has 0 aliphatic carbocycles. The van der Waals surface area contributed by atoms with Crippen molar-refractivity contribution in [2.24, 2.45) is 0 Å². The third-order valence-corrected chi connectivity index (χ3v) is 4.78. The van der Waals surface area contributed by atoms with Crippen LogP contribution < -0.4 is 14.8 Å². The Labute approximate surface area is 141 Å². The van der Waals surface area contributed by atoms with E-state index >= 15 is 0 Å². The van der Waals surface area contributed by atoms with Gasteiger partial charge in [0, 0.05) is 25.5 Å². The van der Waals surface area contributed by atoms with Gasteiger partial charge in [-0.2, -0.15) is 0 Å². The minimum absolute atomic E-state index is 0.0108. The molecule has 0 atom stereocenters. The molecule has 1 aromatic heterocycles. The Hall–Kier alpha value is -2.45. The Kier molecular flexibility index (Phi) is 5.88. The first-order valence-corrected chi connectivity index (χ1v) is 8.81. The molecule has 0 saturated heterocycles. The van der Waals surface area contributed by atoms with Gasteiger partial charge in [-0.05, 0) is 29.8 Å². The molecule has 0 spiro atoms. The van der Waals surface area contributed by atoms with Crippen LogP contribution in [0.3, 0.4) is 0 Å². The molecule has 0 aliphatic heterocycles. The minimum atomic E-state index is -3.65. The molecule has 0 saturated carbocycles. The number of nitrogens with one attached hydrogen (secondary N) is 2. The number of methoxy groups -OCH3 is 1. The highest BCUT2D eigenvalue weighted by Gasteiger charge is 2.19. The first kappa shape index (κ1) is 17.9. The molecule has 0 fully saturated rings. The molecular formula is C16H19N3O4S. The fraction of sp³-hybridized carbons (Fsp3) is 0.250. The van der Waals surface area contributed by atoms with Crippen molar-refractivity contribution in [3.05, 3.63) is 53.9 Å². The number of ether oxygens (including phenoxy) is 1. The number of hydrogen-bond donors (Lipinski definition) is 2. The second kappa shape index (κ2) is 7.89. The topological polar surface area (TPSA) is 97.4 Å². The molecule has 8 heteroatoms. The van der Waals surface area contributed by atoms with Gasteiger partial charge in [0.25, 0.3) is 5.91 Å². The van der Waals surface area contributed by atoms with Crippen molar-refractivity contribution in [1.29, 1.82) is 0 Å². The summed E-state index contributed by atoms with van der Waals surface area (Å²) < 4.78 is 31.7. The van der Waals surface area contributed by atoms with Gasteiger partial charge in [-0.15, -0.1) is 0 Å². The van der Waals surface area contributed by atoms with Crippen LogP contribution in [0.1, 0.15) is 22.8 Å².